The summed E-state index contributed by atoms with van der Waals surface area (Å²) in [6.07, 6.45) is 0. The lowest BCUT2D eigenvalue weighted by Crippen LogP contribution is -2.51. The first-order valence-electron chi connectivity index (χ1n) is 7.38. The number of rotatable bonds is 7. The zero-order valence-electron chi connectivity index (χ0n) is 13.9. The molecule has 0 spiro atoms. The predicted molar refractivity (Wildman–Crippen MR) is 85.2 cm³/mol. The molecule has 0 aliphatic heterocycles. The molecule has 0 bridgehead atoms. The lowest BCUT2D eigenvalue weighted by atomic mass is 9.70. The molecule has 0 heterocycles. The van der Waals surface area contributed by atoms with E-state index >= 15 is 0 Å². The molecule has 0 aliphatic carbocycles. The maximum absolute atomic E-state index is 12.8. The summed E-state index contributed by atoms with van der Waals surface area (Å²) in [4.78, 5) is 12.8. The second-order valence-corrected chi connectivity index (χ2v) is 6.20. The highest BCUT2D eigenvalue weighted by molar-refractivity contribution is 6.01. The molecule has 1 aromatic carbocycles. The van der Waals surface area contributed by atoms with Crippen molar-refractivity contribution in [2.45, 2.75) is 47.1 Å². The van der Waals surface area contributed by atoms with E-state index in [0.29, 0.717) is 30.3 Å². The van der Waals surface area contributed by atoms with Crippen LogP contribution in [-0.2, 0) is 0 Å². The van der Waals surface area contributed by atoms with Crippen molar-refractivity contribution < 1.29 is 14.3 Å². The van der Waals surface area contributed by atoms with Crippen LogP contribution in [0.3, 0.4) is 0 Å². The van der Waals surface area contributed by atoms with Gasteiger partial charge in [0.05, 0.1) is 13.2 Å². The van der Waals surface area contributed by atoms with Crippen LogP contribution in [0.5, 0.6) is 11.5 Å². The van der Waals surface area contributed by atoms with Crippen molar-refractivity contribution in [1.82, 2.24) is 0 Å². The van der Waals surface area contributed by atoms with E-state index in [0.717, 1.165) is 0 Å². The van der Waals surface area contributed by atoms with Gasteiger partial charge in [0.15, 0.2) is 17.3 Å². The maximum atomic E-state index is 12.8. The van der Waals surface area contributed by atoms with Crippen molar-refractivity contribution in [2.24, 2.45) is 11.1 Å². The fourth-order valence-electron chi connectivity index (χ4n) is 1.85. The molecule has 1 rings (SSSR count). The molecule has 0 unspecified atom stereocenters. The summed E-state index contributed by atoms with van der Waals surface area (Å²) in [6, 6.07) is 5.29. The van der Waals surface area contributed by atoms with Crippen LogP contribution in [0, 0.1) is 5.41 Å². The van der Waals surface area contributed by atoms with Gasteiger partial charge in [-0.2, -0.15) is 0 Å². The molecule has 4 heteroatoms. The lowest BCUT2D eigenvalue weighted by Gasteiger charge is -2.37. The normalized spacial score (nSPS) is 12.1. The molecule has 0 radical (unpaired) electrons. The van der Waals surface area contributed by atoms with Gasteiger partial charge >= 0.3 is 0 Å². The van der Waals surface area contributed by atoms with E-state index in [9.17, 15) is 4.79 Å². The van der Waals surface area contributed by atoms with Gasteiger partial charge in [-0.15, -0.1) is 0 Å². The lowest BCUT2D eigenvalue weighted by molar-refractivity contribution is 0.0734. The molecule has 4 nitrogen and oxygen atoms in total. The van der Waals surface area contributed by atoms with Gasteiger partial charge in [-0.3, -0.25) is 4.79 Å². The first-order chi connectivity index (χ1) is 9.65. The summed E-state index contributed by atoms with van der Waals surface area (Å²) in [5.74, 6) is 1.25. The average molecular weight is 293 g/mol. The largest absolute Gasteiger partial charge is 0.490 e. The van der Waals surface area contributed by atoms with Gasteiger partial charge < -0.3 is 15.2 Å². The quantitative estimate of drug-likeness (QED) is 0.782. The minimum Gasteiger partial charge on any atom is -0.490 e. The Kier molecular flexibility index (Phi) is 5.40. The molecule has 0 fully saturated rings. The Labute approximate surface area is 127 Å². The Morgan fingerprint density at radius 2 is 1.57 bits per heavy atom. The van der Waals surface area contributed by atoms with E-state index in [-0.39, 0.29) is 5.78 Å². The van der Waals surface area contributed by atoms with Gasteiger partial charge in [-0.1, -0.05) is 13.8 Å². The number of ketones is 1. The highest BCUT2D eigenvalue weighted by Crippen LogP contribution is 2.35. The summed E-state index contributed by atoms with van der Waals surface area (Å²) in [7, 11) is 0. The number of hydrogen-bond acceptors (Lipinski definition) is 4. The predicted octanol–water partition coefficient (Wildman–Crippen LogP) is 3.43. The van der Waals surface area contributed by atoms with Crippen molar-refractivity contribution >= 4 is 5.78 Å². The summed E-state index contributed by atoms with van der Waals surface area (Å²) in [5, 5.41) is 0. The van der Waals surface area contributed by atoms with E-state index < -0.39 is 11.0 Å². The minimum absolute atomic E-state index is 0.000925. The Hall–Kier alpha value is -1.55. The van der Waals surface area contributed by atoms with Crippen LogP contribution in [0.25, 0.3) is 0 Å². The van der Waals surface area contributed by atoms with Gasteiger partial charge in [0.1, 0.15) is 0 Å². The van der Waals surface area contributed by atoms with Crippen LogP contribution in [0.4, 0.5) is 0 Å². The number of hydrogen-bond donors (Lipinski definition) is 1. The molecule has 2 N–H and O–H groups in total. The summed E-state index contributed by atoms with van der Waals surface area (Å²) < 4.78 is 11.1. The Balaban J connectivity index is 3.20. The fraction of sp³-hybridized carbons (Fsp3) is 0.588. The molecular weight excluding hydrogens is 266 g/mol. The van der Waals surface area contributed by atoms with Crippen LogP contribution < -0.4 is 15.2 Å². The summed E-state index contributed by atoms with van der Waals surface area (Å²) in [6.45, 7) is 12.3. The minimum atomic E-state index is -0.677. The maximum Gasteiger partial charge on any atom is 0.170 e. The van der Waals surface area contributed by atoms with E-state index in [1.165, 1.54) is 0 Å². The smallest absolute Gasteiger partial charge is 0.170 e. The Bertz CT molecular complexity index is 501. The van der Waals surface area contributed by atoms with Crippen molar-refractivity contribution in [3.05, 3.63) is 23.8 Å². The van der Waals surface area contributed by atoms with Crippen molar-refractivity contribution in [1.29, 1.82) is 0 Å². The molecule has 0 saturated carbocycles. The number of carbonyl (C=O) groups excluding carboxylic acids is 1. The standard InChI is InChI=1S/C17H27NO3/c1-7-20-13-10-9-12(11-14(13)21-8-2)15(19)16(3,4)17(5,6)18/h9-11H,7-8,18H2,1-6H3. The van der Waals surface area contributed by atoms with Crippen LogP contribution >= 0.6 is 0 Å². The van der Waals surface area contributed by atoms with Gasteiger partial charge in [-0.05, 0) is 45.9 Å². The topological polar surface area (TPSA) is 61.5 Å². The van der Waals surface area contributed by atoms with E-state index in [4.69, 9.17) is 15.2 Å². The molecule has 1 aromatic rings. The third kappa shape index (κ3) is 3.76. The van der Waals surface area contributed by atoms with Crippen LogP contribution in [-0.4, -0.2) is 24.5 Å². The van der Waals surface area contributed by atoms with Crippen molar-refractivity contribution in [2.75, 3.05) is 13.2 Å². The molecular formula is C17H27NO3. The van der Waals surface area contributed by atoms with Crippen molar-refractivity contribution in [3.63, 3.8) is 0 Å². The zero-order valence-corrected chi connectivity index (χ0v) is 13.9. The molecule has 0 saturated heterocycles. The van der Waals surface area contributed by atoms with Gasteiger partial charge in [0.2, 0.25) is 0 Å². The second-order valence-electron chi connectivity index (χ2n) is 6.20. The van der Waals surface area contributed by atoms with Gasteiger partial charge in [0, 0.05) is 16.5 Å². The molecule has 118 valence electrons. The SMILES string of the molecule is CCOc1ccc(C(=O)C(C)(C)C(C)(C)N)cc1OCC. The third-order valence-electron chi connectivity index (χ3n) is 3.98. The van der Waals surface area contributed by atoms with Crippen LogP contribution in [0.1, 0.15) is 51.9 Å². The van der Waals surface area contributed by atoms with E-state index in [1.807, 2.05) is 41.5 Å². The van der Waals surface area contributed by atoms with Crippen molar-refractivity contribution in [3.8, 4) is 11.5 Å². The van der Waals surface area contributed by atoms with E-state index in [1.54, 1.807) is 18.2 Å². The number of carbonyl (C=O) groups is 1. The summed E-state index contributed by atoms with van der Waals surface area (Å²) >= 11 is 0. The van der Waals surface area contributed by atoms with Crippen LogP contribution in [0.2, 0.25) is 0 Å². The van der Waals surface area contributed by atoms with Gasteiger partial charge in [-0.25, -0.2) is 0 Å². The highest BCUT2D eigenvalue weighted by atomic mass is 16.5. The molecule has 0 amide bonds. The number of ether oxygens (including phenoxy) is 2. The number of nitrogens with two attached hydrogens (primary N) is 1. The Morgan fingerprint density at radius 3 is 2.05 bits per heavy atom. The molecule has 0 aliphatic rings. The monoisotopic (exact) mass is 293 g/mol. The molecule has 0 atom stereocenters. The van der Waals surface area contributed by atoms with Gasteiger partial charge in [0.25, 0.3) is 0 Å². The number of benzene rings is 1. The fourth-order valence-corrected chi connectivity index (χ4v) is 1.85. The second kappa shape index (κ2) is 6.48. The first-order valence-corrected chi connectivity index (χ1v) is 7.38. The molecule has 0 aromatic heterocycles. The summed E-state index contributed by atoms with van der Waals surface area (Å²) in [5.41, 5.74) is 5.44. The Morgan fingerprint density at radius 1 is 1.05 bits per heavy atom. The van der Waals surface area contributed by atoms with Crippen LogP contribution in [0.15, 0.2) is 18.2 Å². The average Bonchev–Trinajstić information content (AvgIpc) is 2.39. The van der Waals surface area contributed by atoms with E-state index in [2.05, 4.69) is 0 Å². The zero-order chi connectivity index (χ0) is 16.3. The first kappa shape index (κ1) is 17.5. The third-order valence-corrected chi connectivity index (χ3v) is 3.98. The number of Topliss-reactive ketones (excluding diaryl/α,β-unsaturated/α-hetero) is 1. The molecule has 21 heavy (non-hydrogen) atoms. The highest BCUT2D eigenvalue weighted by Gasteiger charge is 2.40.